The standard InChI is InChI=1S/C10H13O3P/c1-2-3-9-13-14(11,12)10-7-5-4-6-8-10/h2,4-8H,1,3,9H2,(H,11,12). The Morgan fingerprint density at radius 2 is 2.07 bits per heavy atom. The molecule has 0 aliphatic heterocycles. The van der Waals surface area contributed by atoms with Crippen LogP contribution in [0.25, 0.3) is 0 Å². The second-order valence-corrected chi connectivity index (χ2v) is 4.58. The average Bonchev–Trinajstić information content (AvgIpc) is 2.19. The summed E-state index contributed by atoms with van der Waals surface area (Å²) in [4.78, 5) is 9.51. The summed E-state index contributed by atoms with van der Waals surface area (Å²) in [5.41, 5.74) is 0. The van der Waals surface area contributed by atoms with Crippen LogP contribution >= 0.6 is 7.60 Å². The van der Waals surface area contributed by atoms with Crippen LogP contribution in [0.15, 0.2) is 43.0 Å². The molecule has 0 aromatic heterocycles. The average molecular weight is 212 g/mol. The molecule has 1 atom stereocenters. The number of hydrogen-bond acceptors (Lipinski definition) is 2. The van der Waals surface area contributed by atoms with E-state index in [2.05, 4.69) is 6.58 Å². The molecule has 0 heterocycles. The lowest BCUT2D eigenvalue weighted by Gasteiger charge is -2.10. The molecule has 3 nitrogen and oxygen atoms in total. The third-order valence-electron chi connectivity index (χ3n) is 1.67. The largest absolute Gasteiger partial charge is 0.358 e. The van der Waals surface area contributed by atoms with E-state index in [1.165, 1.54) is 0 Å². The van der Waals surface area contributed by atoms with Gasteiger partial charge in [-0.2, -0.15) is 0 Å². The van der Waals surface area contributed by atoms with E-state index in [0.717, 1.165) is 0 Å². The first kappa shape index (κ1) is 11.2. The fraction of sp³-hybridized carbons (Fsp3) is 0.200. The highest BCUT2D eigenvalue weighted by Gasteiger charge is 2.21. The van der Waals surface area contributed by atoms with Crippen LogP contribution in [-0.4, -0.2) is 11.5 Å². The third-order valence-corrected chi connectivity index (χ3v) is 3.15. The predicted octanol–water partition coefficient (Wildman–Crippen LogP) is 2.09. The molecular weight excluding hydrogens is 199 g/mol. The molecule has 4 heteroatoms. The summed E-state index contributed by atoms with van der Waals surface area (Å²) in [6.07, 6.45) is 2.21. The van der Waals surface area contributed by atoms with E-state index in [0.29, 0.717) is 11.7 Å². The highest BCUT2D eigenvalue weighted by molar-refractivity contribution is 7.61. The molecule has 0 radical (unpaired) electrons. The van der Waals surface area contributed by atoms with Crippen molar-refractivity contribution in [1.29, 1.82) is 0 Å². The van der Waals surface area contributed by atoms with Gasteiger partial charge in [-0.05, 0) is 18.6 Å². The minimum Gasteiger partial charge on any atom is -0.321 e. The molecule has 0 spiro atoms. The van der Waals surface area contributed by atoms with E-state index in [9.17, 15) is 9.46 Å². The van der Waals surface area contributed by atoms with Crippen LogP contribution in [0.2, 0.25) is 0 Å². The number of benzene rings is 1. The predicted molar refractivity (Wildman–Crippen MR) is 56.7 cm³/mol. The van der Waals surface area contributed by atoms with Gasteiger partial charge in [0.05, 0.1) is 11.9 Å². The molecule has 1 unspecified atom stereocenters. The van der Waals surface area contributed by atoms with E-state index in [4.69, 9.17) is 4.52 Å². The van der Waals surface area contributed by atoms with Gasteiger partial charge >= 0.3 is 7.60 Å². The Hall–Kier alpha value is -0.890. The second-order valence-electron chi connectivity index (χ2n) is 2.77. The Kier molecular flexibility index (Phi) is 4.08. The maximum atomic E-state index is 11.6. The lowest BCUT2D eigenvalue weighted by Crippen LogP contribution is -2.06. The number of rotatable bonds is 5. The topological polar surface area (TPSA) is 46.5 Å². The number of hydrogen-bond donors (Lipinski definition) is 1. The molecule has 1 aromatic carbocycles. The van der Waals surface area contributed by atoms with Gasteiger partial charge in [-0.25, -0.2) is 0 Å². The first-order chi connectivity index (χ1) is 6.67. The molecule has 1 N–H and O–H groups in total. The lowest BCUT2D eigenvalue weighted by atomic mass is 10.4. The van der Waals surface area contributed by atoms with E-state index in [-0.39, 0.29) is 6.61 Å². The van der Waals surface area contributed by atoms with E-state index < -0.39 is 7.60 Å². The smallest absolute Gasteiger partial charge is 0.321 e. The summed E-state index contributed by atoms with van der Waals surface area (Å²) in [5, 5.41) is 0.323. The maximum Gasteiger partial charge on any atom is 0.358 e. The molecule has 0 bridgehead atoms. The fourth-order valence-electron chi connectivity index (χ4n) is 0.951. The highest BCUT2D eigenvalue weighted by Crippen LogP contribution is 2.40. The normalized spacial score (nSPS) is 14.6. The maximum absolute atomic E-state index is 11.6. The van der Waals surface area contributed by atoms with Crippen LogP contribution in [-0.2, 0) is 9.09 Å². The monoisotopic (exact) mass is 212 g/mol. The van der Waals surface area contributed by atoms with Crippen LogP contribution in [0, 0.1) is 0 Å². The molecule has 76 valence electrons. The van der Waals surface area contributed by atoms with Gasteiger partial charge in [-0.15, -0.1) is 6.58 Å². The van der Waals surface area contributed by atoms with E-state index in [1.54, 1.807) is 36.4 Å². The lowest BCUT2D eigenvalue weighted by molar-refractivity contribution is 0.274. The zero-order valence-electron chi connectivity index (χ0n) is 7.80. The molecule has 0 saturated carbocycles. The Balaban J connectivity index is 2.66. The molecule has 0 amide bonds. The van der Waals surface area contributed by atoms with Crippen molar-refractivity contribution in [2.24, 2.45) is 0 Å². The first-order valence-electron chi connectivity index (χ1n) is 4.30. The van der Waals surface area contributed by atoms with Crippen LogP contribution < -0.4 is 5.30 Å². The molecule has 0 aliphatic carbocycles. The van der Waals surface area contributed by atoms with E-state index >= 15 is 0 Å². The summed E-state index contributed by atoms with van der Waals surface area (Å²) in [6.45, 7) is 3.72. The first-order valence-corrected chi connectivity index (χ1v) is 5.88. The minimum absolute atomic E-state index is 0.214. The van der Waals surface area contributed by atoms with Crippen molar-refractivity contribution < 1.29 is 14.0 Å². The van der Waals surface area contributed by atoms with Crippen molar-refractivity contribution >= 4 is 12.9 Å². The Labute approximate surface area is 83.6 Å². The van der Waals surface area contributed by atoms with Crippen molar-refractivity contribution in [2.45, 2.75) is 6.42 Å². The van der Waals surface area contributed by atoms with Gasteiger partial charge in [0.2, 0.25) is 0 Å². The van der Waals surface area contributed by atoms with Crippen LogP contribution in [0.3, 0.4) is 0 Å². The third kappa shape index (κ3) is 3.11. The second kappa shape index (κ2) is 5.11. The molecule has 0 aliphatic rings. The highest BCUT2D eigenvalue weighted by atomic mass is 31.2. The zero-order chi connectivity index (χ0) is 10.4. The summed E-state index contributed by atoms with van der Waals surface area (Å²) in [7, 11) is -3.62. The van der Waals surface area contributed by atoms with Gasteiger partial charge in [0.15, 0.2) is 0 Å². The molecular formula is C10H13O3P. The molecule has 0 saturated heterocycles. The van der Waals surface area contributed by atoms with Crippen LogP contribution in [0.5, 0.6) is 0 Å². The van der Waals surface area contributed by atoms with Gasteiger partial charge in [0, 0.05) is 0 Å². The minimum atomic E-state index is -3.62. The van der Waals surface area contributed by atoms with Crippen LogP contribution in [0.4, 0.5) is 0 Å². The fourth-order valence-corrected chi connectivity index (χ4v) is 2.00. The van der Waals surface area contributed by atoms with Crippen molar-refractivity contribution in [1.82, 2.24) is 0 Å². The molecule has 14 heavy (non-hydrogen) atoms. The Bertz CT molecular complexity index is 334. The van der Waals surface area contributed by atoms with Crippen molar-refractivity contribution in [3.8, 4) is 0 Å². The SMILES string of the molecule is C=CCCOP(=O)(O)c1ccccc1. The van der Waals surface area contributed by atoms with E-state index in [1.807, 2.05) is 0 Å². The molecule has 1 aromatic rings. The zero-order valence-corrected chi connectivity index (χ0v) is 8.69. The van der Waals surface area contributed by atoms with Gasteiger partial charge in [-0.3, -0.25) is 4.57 Å². The van der Waals surface area contributed by atoms with Crippen molar-refractivity contribution in [3.05, 3.63) is 43.0 Å². The van der Waals surface area contributed by atoms with Gasteiger partial charge in [-0.1, -0.05) is 24.3 Å². The van der Waals surface area contributed by atoms with Gasteiger partial charge in [0.25, 0.3) is 0 Å². The molecule has 0 fully saturated rings. The summed E-state index contributed by atoms with van der Waals surface area (Å²) >= 11 is 0. The summed E-state index contributed by atoms with van der Waals surface area (Å²) in [6, 6.07) is 8.35. The molecule has 1 rings (SSSR count). The summed E-state index contributed by atoms with van der Waals surface area (Å²) in [5.74, 6) is 0. The Morgan fingerprint density at radius 3 is 2.64 bits per heavy atom. The van der Waals surface area contributed by atoms with Crippen molar-refractivity contribution in [2.75, 3.05) is 6.61 Å². The van der Waals surface area contributed by atoms with Crippen LogP contribution in [0.1, 0.15) is 6.42 Å². The quantitative estimate of drug-likeness (QED) is 0.462. The van der Waals surface area contributed by atoms with Gasteiger partial charge in [0.1, 0.15) is 0 Å². The Morgan fingerprint density at radius 1 is 1.43 bits per heavy atom. The van der Waals surface area contributed by atoms with Gasteiger partial charge < -0.3 is 9.42 Å². The van der Waals surface area contributed by atoms with Crippen molar-refractivity contribution in [3.63, 3.8) is 0 Å². The summed E-state index contributed by atoms with van der Waals surface area (Å²) < 4.78 is 16.5.